The summed E-state index contributed by atoms with van der Waals surface area (Å²) >= 11 is 0. The quantitative estimate of drug-likeness (QED) is 0.180. The zero-order chi connectivity index (χ0) is 32.6. The van der Waals surface area contributed by atoms with Gasteiger partial charge in [-0.05, 0) is 48.9 Å². The van der Waals surface area contributed by atoms with Gasteiger partial charge in [0.15, 0.2) is 5.65 Å². The monoisotopic (exact) mass is 641 g/mol. The predicted molar refractivity (Wildman–Crippen MR) is 185 cm³/mol. The number of fused-ring (bicyclic) bond motifs is 2. The van der Waals surface area contributed by atoms with Crippen molar-refractivity contribution in [1.29, 1.82) is 0 Å². The molecular formula is C38H39N7O3. The van der Waals surface area contributed by atoms with Crippen LogP contribution in [0.1, 0.15) is 53.2 Å². The third-order valence-electron chi connectivity index (χ3n) is 9.84. The van der Waals surface area contributed by atoms with Crippen molar-refractivity contribution in [2.75, 3.05) is 19.1 Å². The average molecular weight is 642 g/mol. The Labute approximate surface area is 279 Å². The molecule has 0 bridgehead atoms. The summed E-state index contributed by atoms with van der Waals surface area (Å²) in [4.78, 5) is 25.7. The topological polar surface area (TPSA) is 98.8 Å². The van der Waals surface area contributed by atoms with Crippen molar-refractivity contribution >= 4 is 28.4 Å². The Morgan fingerprint density at radius 3 is 2.48 bits per heavy atom. The van der Waals surface area contributed by atoms with E-state index in [9.17, 15) is 4.79 Å². The fourth-order valence-electron chi connectivity index (χ4n) is 6.87. The maximum Gasteiger partial charge on any atom is 0.257 e. The second-order valence-electron chi connectivity index (χ2n) is 12.9. The van der Waals surface area contributed by atoms with Crippen LogP contribution in [0.25, 0.3) is 27.9 Å². The lowest BCUT2D eigenvalue weighted by Gasteiger charge is -2.36. The number of pyridine rings is 1. The molecule has 2 fully saturated rings. The van der Waals surface area contributed by atoms with Crippen molar-refractivity contribution in [2.24, 2.45) is 0 Å². The van der Waals surface area contributed by atoms with E-state index >= 15 is 0 Å². The van der Waals surface area contributed by atoms with Crippen molar-refractivity contribution in [3.63, 3.8) is 0 Å². The van der Waals surface area contributed by atoms with Gasteiger partial charge in [-0.15, -0.1) is 0 Å². The molecule has 1 unspecified atom stereocenters. The molecule has 8 rings (SSSR count). The third kappa shape index (κ3) is 5.71. The number of rotatable bonds is 11. The Morgan fingerprint density at radius 2 is 1.75 bits per heavy atom. The van der Waals surface area contributed by atoms with Crippen molar-refractivity contribution in [3.05, 3.63) is 114 Å². The smallest absolute Gasteiger partial charge is 0.257 e. The van der Waals surface area contributed by atoms with E-state index in [1.54, 1.807) is 17.8 Å². The molecule has 10 heteroatoms. The van der Waals surface area contributed by atoms with Crippen molar-refractivity contribution in [2.45, 2.75) is 63.1 Å². The zero-order valence-corrected chi connectivity index (χ0v) is 27.2. The number of amides is 1. The molecule has 2 saturated carbocycles. The molecule has 244 valence electrons. The number of hydrogen-bond acceptors (Lipinski definition) is 7. The zero-order valence-electron chi connectivity index (χ0n) is 27.2. The van der Waals surface area contributed by atoms with E-state index < -0.39 is 0 Å². The second-order valence-corrected chi connectivity index (χ2v) is 12.9. The molecule has 4 heterocycles. The van der Waals surface area contributed by atoms with E-state index in [0.29, 0.717) is 24.4 Å². The molecule has 0 radical (unpaired) electrons. The highest BCUT2D eigenvalue weighted by atomic mass is 16.5. The van der Waals surface area contributed by atoms with Gasteiger partial charge in [-0.25, -0.2) is 9.97 Å². The first-order valence-electron chi connectivity index (χ1n) is 16.6. The van der Waals surface area contributed by atoms with Gasteiger partial charge in [0.2, 0.25) is 0 Å². The summed E-state index contributed by atoms with van der Waals surface area (Å²) in [5, 5.41) is 8.85. The number of methoxy groups -OCH3 is 1. The number of ether oxygens (including phenoxy) is 2. The number of carbonyl (C=O) groups is 1. The van der Waals surface area contributed by atoms with Gasteiger partial charge < -0.3 is 24.3 Å². The number of hydrogen-bond donors (Lipinski definition) is 1. The molecule has 2 aromatic carbocycles. The molecule has 6 aromatic rings. The van der Waals surface area contributed by atoms with Crippen LogP contribution in [0, 0.1) is 0 Å². The number of anilines is 1. The first-order valence-corrected chi connectivity index (χ1v) is 16.6. The Hall–Kier alpha value is -5.06. The Balaban J connectivity index is 1.14. The summed E-state index contributed by atoms with van der Waals surface area (Å²) in [6, 6.07) is 27.0. The fourth-order valence-corrected chi connectivity index (χ4v) is 6.87. The molecule has 1 N–H and O–H groups in total. The van der Waals surface area contributed by atoms with Gasteiger partial charge in [-0.2, -0.15) is 9.61 Å². The minimum Gasteiger partial charge on any atom is -0.379 e. The number of nitrogens with one attached hydrogen (secondary N) is 1. The van der Waals surface area contributed by atoms with Crippen LogP contribution in [0.15, 0.2) is 97.5 Å². The molecular weight excluding hydrogens is 602 g/mol. The Kier molecular flexibility index (Phi) is 8.11. The SMILES string of the molecule is CO[C@@H]1CCC1NC(=O)c1cnn2c(N(C)Cc3ccccc3)cc(-c3cn(C4CC(OCc5ccccc5)C4)c4ncccc34)nc12. The van der Waals surface area contributed by atoms with Gasteiger partial charge in [-0.1, -0.05) is 60.7 Å². The predicted octanol–water partition coefficient (Wildman–Crippen LogP) is 6.21. The van der Waals surface area contributed by atoms with Crippen molar-refractivity contribution < 1.29 is 14.3 Å². The van der Waals surface area contributed by atoms with E-state index in [0.717, 1.165) is 53.8 Å². The average Bonchev–Trinajstić information content (AvgIpc) is 3.69. The van der Waals surface area contributed by atoms with E-state index in [-0.39, 0.29) is 30.2 Å². The number of nitrogens with zero attached hydrogens (tertiary/aromatic N) is 6. The second kappa shape index (κ2) is 12.9. The molecule has 0 spiro atoms. The Bertz CT molecular complexity index is 2050. The van der Waals surface area contributed by atoms with E-state index in [2.05, 4.69) is 62.5 Å². The highest BCUT2D eigenvalue weighted by Gasteiger charge is 2.34. The van der Waals surface area contributed by atoms with Crippen molar-refractivity contribution in [3.8, 4) is 11.3 Å². The first kappa shape index (κ1) is 30.3. The molecule has 2 aliphatic rings. The number of carbonyl (C=O) groups excluding carboxylic acids is 1. The summed E-state index contributed by atoms with van der Waals surface area (Å²) in [7, 11) is 3.73. The van der Waals surface area contributed by atoms with Crippen LogP contribution in [0.3, 0.4) is 0 Å². The molecule has 10 nitrogen and oxygen atoms in total. The van der Waals surface area contributed by atoms with Gasteiger partial charge in [0.1, 0.15) is 17.0 Å². The normalized spacial score (nSPS) is 20.4. The molecule has 0 aliphatic heterocycles. The van der Waals surface area contributed by atoms with Gasteiger partial charge in [-0.3, -0.25) is 4.79 Å². The largest absolute Gasteiger partial charge is 0.379 e. The third-order valence-corrected chi connectivity index (χ3v) is 9.84. The van der Waals surface area contributed by atoms with E-state index in [1.807, 2.05) is 55.7 Å². The maximum atomic E-state index is 13.6. The van der Waals surface area contributed by atoms with Gasteiger partial charge in [0, 0.05) is 56.2 Å². The number of benzene rings is 2. The van der Waals surface area contributed by atoms with Crippen LogP contribution in [-0.2, 0) is 22.6 Å². The van der Waals surface area contributed by atoms with E-state index in [4.69, 9.17) is 19.4 Å². The molecule has 2 aliphatic carbocycles. The van der Waals surface area contributed by atoms with Crippen LogP contribution in [-0.4, -0.2) is 62.5 Å². The van der Waals surface area contributed by atoms with Crippen LogP contribution < -0.4 is 10.2 Å². The lowest BCUT2D eigenvalue weighted by molar-refractivity contribution is -0.0347. The molecule has 48 heavy (non-hydrogen) atoms. The van der Waals surface area contributed by atoms with Gasteiger partial charge >= 0.3 is 0 Å². The molecule has 1 amide bonds. The van der Waals surface area contributed by atoms with Crippen LogP contribution in [0.2, 0.25) is 0 Å². The summed E-state index contributed by atoms with van der Waals surface area (Å²) in [5.41, 5.74) is 5.95. The highest BCUT2D eigenvalue weighted by molar-refractivity contribution is 6.01. The Morgan fingerprint density at radius 1 is 0.979 bits per heavy atom. The fraction of sp³-hybridized carbons (Fsp3) is 0.316. The highest BCUT2D eigenvalue weighted by Crippen LogP contribution is 2.40. The number of aromatic nitrogens is 5. The summed E-state index contributed by atoms with van der Waals surface area (Å²) in [5.74, 6) is 0.636. The van der Waals surface area contributed by atoms with Crippen LogP contribution in [0.4, 0.5) is 5.82 Å². The lowest BCUT2D eigenvalue weighted by Crippen LogP contribution is -2.51. The molecule has 0 saturated heterocycles. The molecule has 2 atom stereocenters. The van der Waals surface area contributed by atoms with E-state index in [1.165, 1.54) is 11.1 Å². The first-order chi connectivity index (χ1) is 23.6. The van der Waals surface area contributed by atoms with Crippen molar-refractivity contribution in [1.82, 2.24) is 29.5 Å². The lowest BCUT2D eigenvalue weighted by atomic mass is 9.89. The van der Waals surface area contributed by atoms with Gasteiger partial charge in [0.05, 0.1) is 36.7 Å². The summed E-state index contributed by atoms with van der Waals surface area (Å²) < 4.78 is 15.8. The summed E-state index contributed by atoms with van der Waals surface area (Å²) in [6.45, 7) is 1.28. The van der Waals surface area contributed by atoms with Crippen LogP contribution >= 0.6 is 0 Å². The minimum absolute atomic E-state index is 0.0205. The van der Waals surface area contributed by atoms with Crippen LogP contribution in [0.5, 0.6) is 0 Å². The minimum atomic E-state index is -0.196. The summed E-state index contributed by atoms with van der Waals surface area (Å²) in [6.07, 6.45) is 9.52. The van der Waals surface area contributed by atoms with Gasteiger partial charge in [0.25, 0.3) is 5.91 Å². The molecule has 4 aromatic heterocycles. The standard InChI is InChI=1S/C38H39N7O3/c1-43(22-25-10-5-3-6-11-25)35-20-33(41-37-30(21-40-45(35)37)38(46)42-32-15-16-34(32)47-2)31-23-44(36-29(31)14-9-17-39-36)27-18-28(19-27)48-24-26-12-7-4-8-13-26/h3-14,17,20-21,23,27-28,32,34H,15-16,18-19,22,24H2,1-2H3,(H,42,46)/t27?,28?,32?,34-/m1/s1. The maximum absolute atomic E-state index is 13.6.